The Labute approximate surface area is 198 Å². The number of allylic oxidation sites excluding steroid dienone is 1. The van der Waals surface area contributed by atoms with Crippen molar-refractivity contribution in [1.82, 2.24) is 14.8 Å². The fraction of sp³-hybridized carbons (Fsp3) is 0.190. The number of benzene rings is 2. The largest absolute Gasteiger partial charge is 0.324 e. The summed E-state index contributed by atoms with van der Waals surface area (Å²) in [4.78, 5) is 12.3. The molecule has 0 bridgehead atoms. The molecule has 0 radical (unpaired) electrons. The molecule has 162 valence electrons. The van der Waals surface area contributed by atoms with Gasteiger partial charge in [0.25, 0.3) is 0 Å². The van der Waals surface area contributed by atoms with Crippen LogP contribution < -0.4 is 5.32 Å². The first-order valence-corrected chi connectivity index (χ1v) is 12.1. The molecule has 3 aromatic rings. The number of aromatic nitrogens is 3. The van der Waals surface area contributed by atoms with E-state index in [4.69, 9.17) is 23.2 Å². The first-order valence-electron chi connectivity index (χ1n) is 9.19. The molecule has 3 rings (SSSR count). The highest BCUT2D eigenvalue weighted by Gasteiger charge is 2.14. The van der Waals surface area contributed by atoms with Crippen LogP contribution in [0.5, 0.6) is 0 Å². The van der Waals surface area contributed by atoms with Crippen LogP contribution in [-0.2, 0) is 22.8 Å². The van der Waals surface area contributed by atoms with Gasteiger partial charge >= 0.3 is 0 Å². The second kappa shape index (κ2) is 11.6. The second-order valence-electron chi connectivity index (χ2n) is 6.38. The highest BCUT2D eigenvalue weighted by molar-refractivity contribution is 7.99. The quantitative estimate of drug-likeness (QED) is 0.272. The Balaban J connectivity index is 1.56. The van der Waals surface area contributed by atoms with Gasteiger partial charge in [0.05, 0.1) is 22.2 Å². The highest BCUT2D eigenvalue weighted by atomic mass is 35.5. The van der Waals surface area contributed by atoms with Crippen LogP contribution >= 0.6 is 46.7 Å². The molecule has 0 fully saturated rings. The van der Waals surface area contributed by atoms with Crippen molar-refractivity contribution in [2.24, 2.45) is 0 Å². The Kier molecular flexibility index (Phi) is 8.83. The van der Waals surface area contributed by atoms with Crippen molar-refractivity contribution < 1.29 is 9.18 Å². The smallest absolute Gasteiger partial charge is 0.234 e. The van der Waals surface area contributed by atoms with Gasteiger partial charge in [0.2, 0.25) is 5.91 Å². The predicted octanol–water partition coefficient (Wildman–Crippen LogP) is 6.07. The summed E-state index contributed by atoms with van der Waals surface area (Å²) in [6.07, 6.45) is 1.76. The van der Waals surface area contributed by atoms with Crippen molar-refractivity contribution in [1.29, 1.82) is 0 Å². The molecule has 1 aromatic heterocycles. The van der Waals surface area contributed by atoms with Gasteiger partial charge in [0, 0.05) is 17.3 Å². The van der Waals surface area contributed by atoms with Gasteiger partial charge in [-0.1, -0.05) is 53.2 Å². The Hall–Kier alpha value is -2.00. The van der Waals surface area contributed by atoms with Crippen LogP contribution in [0.15, 0.2) is 60.3 Å². The highest BCUT2D eigenvalue weighted by Crippen LogP contribution is 2.26. The second-order valence-corrected chi connectivity index (χ2v) is 9.15. The molecule has 0 aliphatic rings. The van der Waals surface area contributed by atoms with E-state index in [0.29, 0.717) is 33.2 Å². The Bertz CT molecular complexity index is 1060. The topological polar surface area (TPSA) is 59.8 Å². The minimum absolute atomic E-state index is 0.150. The van der Waals surface area contributed by atoms with E-state index in [2.05, 4.69) is 22.1 Å². The lowest BCUT2D eigenvalue weighted by Crippen LogP contribution is -2.15. The van der Waals surface area contributed by atoms with E-state index in [1.54, 1.807) is 48.2 Å². The van der Waals surface area contributed by atoms with E-state index in [1.165, 1.54) is 23.9 Å². The lowest BCUT2D eigenvalue weighted by Gasteiger charge is -2.09. The molecule has 0 saturated heterocycles. The van der Waals surface area contributed by atoms with Crippen LogP contribution in [0.4, 0.5) is 10.1 Å². The molecule has 0 unspecified atom stereocenters. The summed E-state index contributed by atoms with van der Waals surface area (Å²) in [5.74, 6) is 1.84. The summed E-state index contributed by atoms with van der Waals surface area (Å²) < 4.78 is 14.9. The zero-order valence-electron chi connectivity index (χ0n) is 16.4. The Morgan fingerprint density at radius 3 is 2.65 bits per heavy atom. The van der Waals surface area contributed by atoms with Crippen LogP contribution in [0, 0.1) is 5.82 Å². The van der Waals surface area contributed by atoms with Gasteiger partial charge in [-0.05, 0) is 35.9 Å². The van der Waals surface area contributed by atoms with E-state index < -0.39 is 0 Å². The number of hydrogen-bond acceptors (Lipinski definition) is 5. The fourth-order valence-corrected chi connectivity index (χ4v) is 4.74. The summed E-state index contributed by atoms with van der Waals surface area (Å²) in [6, 6.07) is 11.3. The van der Waals surface area contributed by atoms with E-state index in [0.717, 1.165) is 17.1 Å². The number of nitrogens with one attached hydrogen (secondary N) is 1. The van der Waals surface area contributed by atoms with Crippen LogP contribution in [-0.4, -0.2) is 26.4 Å². The van der Waals surface area contributed by atoms with Gasteiger partial charge < -0.3 is 9.88 Å². The molecular weight excluding hydrogens is 478 g/mol. The van der Waals surface area contributed by atoms with Crippen LogP contribution in [0.2, 0.25) is 10.0 Å². The number of carbonyl (C=O) groups is 1. The third kappa shape index (κ3) is 7.00. The van der Waals surface area contributed by atoms with Gasteiger partial charge in [0.1, 0.15) is 11.6 Å². The monoisotopic (exact) mass is 496 g/mol. The summed E-state index contributed by atoms with van der Waals surface area (Å²) in [5.41, 5.74) is 1.54. The number of anilines is 1. The number of thioether (sulfide) groups is 2. The number of hydrogen-bond donors (Lipinski definition) is 1. The molecule has 1 N–H and O–H groups in total. The van der Waals surface area contributed by atoms with Gasteiger partial charge in [0.15, 0.2) is 5.16 Å². The van der Waals surface area contributed by atoms with Crippen LogP contribution in [0.1, 0.15) is 11.4 Å². The molecule has 1 amide bonds. The summed E-state index contributed by atoms with van der Waals surface area (Å²) in [6.45, 7) is 4.32. The lowest BCUT2D eigenvalue weighted by atomic mass is 10.2. The van der Waals surface area contributed by atoms with Crippen molar-refractivity contribution in [3.8, 4) is 0 Å². The predicted molar refractivity (Wildman–Crippen MR) is 127 cm³/mol. The maximum Gasteiger partial charge on any atom is 0.234 e. The Morgan fingerprint density at radius 2 is 1.94 bits per heavy atom. The zero-order chi connectivity index (χ0) is 22.2. The van der Waals surface area contributed by atoms with Crippen molar-refractivity contribution >= 4 is 58.3 Å². The first-order chi connectivity index (χ1) is 15.0. The molecule has 0 aliphatic carbocycles. The maximum absolute atomic E-state index is 13.0. The molecule has 10 heteroatoms. The van der Waals surface area contributed by atoms with Gasteiger partial charge in [-0.2, -0.15) is 0 Å². The number of rotatable bonds is 10. The zero-order valence-corrected chi connectivity index (χ0v) is 19.5. The summed E-state index contributed by atoms with van der Waals surface area (Å²) >= 11 is 14.9. The van der Waals surface area contributed by atoms with E-state index in [9.17, 15) is 9.18 Å². The molecule has 0 aliphatic heterocycles. The third-order valence-electron chi connectivity index (χ3n) is 4.06. The van der Waals surface area contributed by atoms with Gasteiger partial charge in [-0.3, -0.25) is 4.79 Å². The van der Waals surface area contributed by atoms with Crippen molar-refractivity contribution in [3.63, 3.8) is 0 Å². The minimum atomic E-state index is -0.247. The van der Waals surface area contributed by atoms with Gasteiger partial charge in [-0.15, -0.1) is 28.5 Å². The average molecular weight is 497 g/mol. The van der Waals surface area contributed by atoms with Crippen LogP contribution in [0.25, 0.3) is 0 Å². The summed E-state index contributed by atoms with van der Waals surface area (Å²) in [7, 11) is 0. The molecule has 1 heterocycles. The SMILES string of the molecule is C=CCn1c(CSCc2ccc(F)cc2)nnc1SCC(=O)Nc1ccc(Cl)cc1Cl. The third-order valence-corrected chi connectivity index (χ3v) is 6.57. The van der Waals surface area contributed by atoms with Gasteiger partial charge in [-0.25, -0.2) is 4.39 Å². The molecular formula is C21H19Cl2FN4OS2. The molecule has 2 aromatic carbocycles. The lowest BCUT2D eigenvalue weighted by molar-refractivity contribution is -0.113. The average Bonchev–Trinajstić information content (AvgIpc) is 3.12. The van der Waals surface area contributed by atoms with E-state index in [-0.39, 0.29) is 17.5 Å². The molecule has 0 spiro atoms. The molecule has 0 saturated carbocycles. The number of nitrogens with zero attached hydrogens (tertiary/aromatic N) is 3. The Morgan fingerprint density at radius 1 is 1.16 bits per heavy atom. The molecule has 31 heavy (non-hydrogen) atoms. The molecule has 5 nitrogen and oxygen atoms in total. The van der Waals surface area contributed by atoms with Crippen molar-refractivity contribution in [3.05, 3.63) is 82.4 Å². The fourth-order valence-electron chi connectivity index (χ4n) is 2.59. The van der Waals surface area contributed by atoms with Crippen molar-refractivity contribution in [2.45, 2.75) is 23.2 Å². The standard InChI is InChI=1S/C21H19Cl2FN4OS2/c1-2-9-28-19(12-30-11-14-3-6-16(24)7-4-14)26-27-21(28)31-13-20(29)25-18-8-5-15(22)10-17(18)23/h2-8,10H,1,9,11-13H2,(H,25,29). The summed E-state index contributed by atoms with van der Waals surface area (Å²) in [5, 5.41) is 12.8. The first kappa shape index (κ1) is 23.7. The van der Waals surface area contributed by atoms with E-state index >= 15 is 0 Å². The van der Waals surface area contributed by atoms with Crippen LogP contribution in [0.3, 0.4) is 0 Å². The molecule has 0 atom stereocenters. The number of amides is 1. The number of carbonyl (C=O) groups excluding carboxylic acids is 1. The normalized spacial score (nSPS) is 10.8. The van der Waals surface area contributed by atoms with Crippen molar-refractivity contribution in [2.75, 3.05) is 11.1 Å². The number of halogens is 3. The minimum Gasteiger partial charge on any atom is -0.324 e. The maximum atomic E-state index is 13.0. The van der Waals surface area contributed by atoms with E-state index in [1.807, 2.05) is 4.57 Å².